The average Bonchev–Trinajstić information content (AvgIpc) is 2.99. The van der Waals surface area contributed by atoms with Crippen molar-refractivity contribution < 1.29 is 21.6 Å². The van der Waals surface area contributed by atoms with Crippen LogP contribution in [0, 0.1) is 0 Å². The molecule has 0 saturated carbocycles. The van der Waals surface area contributed by atoms with Crippen molar-refractivity contribution in [1.82, 2.24) is 9.21 Å². The molecule has 1 aliphatic rings. The Morgan fingerprint density at radius 1 is 1.21 bits per heavy atom. The fraction of sp³-hybridized carbons (Fsp3) is 0.667. The van der Waals surface area contributed by atoms with Crippen LogP contribution in [0.25, 0.3) is 0 Å². The van der Waals surface area contributed by atoms with Crippen molar-refractivity contribution in [1.29, 1.82) is 0 Å². The molecule has 0 amide bonds. The summed E-state index contributed by atoms with van der Waals surface area (Å²) in [5.41, 5.74) is 0. The molecule has 0 radical (unpaired) electrons. The van der Waals surface area contributed by atoms with E-state index < -0.39 is 20.0 Å². The lowest BCUT2D eigenvalue weighted by Crippen LogP contribution is -2.42. The maximum absolute atomic E-state index is 12.6. The van der Waals surface area contributed by atoms with Gasteiger partial charge in [0.2, 0.25) is 10.0 Å². The molecule has 8 nitrogen and oxygen atoms in total. The van der Waals surface area contributed by atoms with Gasteiger partial charge in [-0.05, 0) is 12.1 Å². The van der Waals surface area contributed by atoms with Gasteiger partial charge < -0.3 is 4.74 Å². The first-order valence-electron chi connectivity index (χ1n) is 7.18. The number of hydrogen-bond acceptors (Lipinski definition) is 7. The number of halogens is 1. The van der Waals surface area contributed by atoms with Crippen molar-refractivity contribution in [3.63, 3.8) is 0 Å². The summed E-state index contributed by atoms with van der Waals surface area (Å²) in [5, 5.41) is 5.03. The third-order valence-corrected chi connectivity index (χ3v) is 8.52. The molecule has 1 aliphatic heterocycles. The summed E-state index contributed by atoms with van der Waals surface area (Å²) in [7, 11) is -7.61. The third-order valence-electron chi connectivity index (χ3n) is 3.55. The Morgan fingerprint density at radius 3 is 2.29 bits per heavy atom. The van der Waals surface area contributed by atoms with Crippen LogP contribution in [0.15, 0.2) is 20.6 Å². The van der Waals surface area contributed by atoms with Crippen LogP contribution in [-0.2, 0) is 24.8 Å². The molecule has 24 heavy (non-hydrogen) atoms. The Balaban J connectivity index is 0.00000288. The average molecular weight is 420 g/mol. The van der Waals surface area contributed by atoms with Crippen molar-refractivity contribution in [2.24, 2.45) is 5.14 Å². The zero-order valence-corrected chi connectivity index (χ0v) is 16.5. The molecule has 0 unspecified atom stereocenters. The number of hydrogen-bond donors (Lipinski definition) is 1. The summed E-state index contributed by atoms with van der Waals surface area (Å²) in [4.78, 5) is 2.14. The molecule has 0 atom stereocenters. The minimum Gasteiger partial charge on any atom is -0.379 e. The predicted octanol–water partition coefficient (Wildman–Crippen LogP) is 0.160. The maximum atomic E-state index is 12.6. The quantitative estimate of drug-likeness (QED) is 0.674. The molecule has 0 aromatic carbocycles. The van der Waals surface area contributed by atoms with E-state index in [-0.39, 0.29) is 20.8 Å². The smallest absolute Gasteiger partial charge is 0.252 e. The highest BCUT2D eigenvalue weighted by Crippen LogP contribution is 2.27. The van der Waals surface area contributed by atoms with Gasteiger partial charge >= 0.3 is 0 Å². The van der Waals surface area contributed by atoms with Crippen LogP contribution in [0.2, 0.25) is 0 Å². The fourth-order valence-electron chi connectivity index (χ4n) is 2.25. The molecule has 0 spiro atoms. The lowest BCUT2D eigenvalue weighted by Gasteiger charge is -2.29. The van der Waals surface area contributed by atoms with Crippen molar-refractivity contribution in [2.45, 2.75) is 15.3 Å². The van der Waals surface area contributed by atoms with E-state index in [1.54, 1.807) is 6.92 Å². The monoisotopic (exact) mass is 419 g/mol. The highest BCUT2D eigenvalue weighted by Gasteiger charge is 2.27. The Hall–Kier alpha value is -0.270. The van der Waals surface area contributed by atoms with Crippen molar-refractivity contribution in [2.75, 3.05) is 45.9 Å². The van der Waals surface area contributed by atoms with Gasteiger partial charge in [-0.2, -0.15) is 4.31 Å². The first kappa shape index (κ1) is 21.8. The summed E-state index contributed by atoms with van der Waals surface area (Å²) in [6.45, 7) is 5.91. The zero-order chi connectivity index (χ0) is 17.1. The molecular formula is C12H22ClN3O5S3. The molecule has 0 bridgehead atoms. The largest absolute Gasteiger partial charge is 0.379 e. The molecule has 140 valence electrons. The third kappa shape index (κ3) is 5.36. The Morgan fingerprint density at radius 2 is 1.79 bits per heavy atom. The van der Waals surface area contributed by atoms with Crippen molar-refractivity contribution >= 4 is 43.8 Å². The molecule has 1 fully saturated rings. The van der Waals surface area contributed by atoms with E-state index in [1.807, 2.05) is 0 Å². The highest BCUT2D eigenvalue weighted by atomic mass is 35.5. The van der Waals surface area contributed by atoms with E-state index in [0.717, 1.165) is 13.1 Å². The van der Waals surface area contributed by atoms with E-state index in [1.165, 1.54) is 16.4 Å². The van der Waals surface area contributed by atoms with Gasteiger partial charge in [0.1, 0.15) is 8.42 Å². The number of nitrogens with two attached hydrogens (primary N) is 1. The SMILES string of the molecule is CCN(CCN1CCOCC1)S(=O)(=O)c1ccc(S(N)(=O)=O)s1.Cl. The number of nitrogens with zero attached hydrogens (tertiary/aromatic N) is 2. The molecule has 1 aromatic heterocycles. The molecule has 1 saturated heterocycles. The molecule has 2 N–H and O–H groups in total. The molecule has 12 heteroatoms. The summed E-state index contributed by atoms with van der Waals surface area (Å²) >= 11 is 0.676. The molecule has 2 heterocycles. The van der Waals surface area contributed by atoms with Crippen LogP contribution in [0.1, 0.15) is 6.92 Å². The van der Waals surface area contributed by atoms with Gasteiger partial charge in [-0.25, -0.2) is 22.0 Å². The van der Waals surface area contributed by atoms with Crippen LogP contribution in [0.3, 0.4) is 0 Å². The minimum atomic E-state index is -3.89. The number of morpholine rings is 1. The van der Waals surface area contributed by atoms with Gasteiger partial charge in [0, 0.05) is 32.7 Å². The second-order valence-corrected chi connectivity index (χ2v) is 10.1. The van der Waals surface area contributed by atoms with Gasteiger partial charge in [0.25, 0.3) is 10.0 Å². The first-order chi connectivity index (χ1) is 10.7. The van der Waals surface area contributed by atoms with E-state index in [9.17, 15) is 16.8 Å². The second kappa shape index (κ2) is 8.90. The van der Waals surface area contributed by atoms with Crippen molar-refractivity contribution in [3.05, 3.63) is 12.1 Å². The number of likely N-dealkylation sites (N-methyl/N-ethyl adjacent to an activating group) is 1. The summed E-state index contributed by atoms with van der Waals surface area (Å²) in [6, 6.07) is 2.51. The Bertz CT molecular complexity index is 729. The Kier molecular flexibility index (Phi) is 8.07. The number of sulfonamides is 2. The maximum Gasteiger partial charge on any atom is 0.252 e. The van der Waals surface area contributed by atoms with Gasteiger partial charge in [-0.1, -0.05) is 6.92 Å². The number of primary sulfonamides is 1. The van der Waals surface area contributed by atoms with Gasteiger partial charge in [0.05, 0.1) is 13.2 Å². The van der Waals surface area contributed by atoms with E-state index in [0.29, 0.717) is 44.2 Å². The Labute approximate surface area is 153 Å². The summed E-state index contributed by atoms with van der Waals surface area (Å²) in [6.07, 6.45) is 0. The van der Waals surface area contributed by atoms with Crippen LogP contribution in [-0.4, -0.2) is 72.0 Å². The van der Waals surface area contributed by atoms with Gasteiger partial charge in [0.15, 0.2) is 0 Å². The molecule has 0 aliphatic carbocycles. The molecular weight excluding hydrogens is 398 g/mol. The number of rotatable bonds is 7. The van der Waals surface area contributed by atoms with E-state index in [4.69, 9.17) is 9.88 Å². The number of ether oxygens (including phenoxy) is 1. The fourth-order valence-corrected chi connectivity index (χ4v) is 6.03. The first-order valence-corrected chi connectivity index (χ1v) is 11.0. The van der Waals surface area contributed by atoms with E-state index in [2.05, 4.69) is 4.90 Å². The minimum absolute atomic E-state index is 0. The van der Waals surface area contributed by atoms with Crippen LogP contribution < -0.4 is 5.14 Å². The lowest BCUT2D eigenvalue weighted by atomic mass is 10.4. The normalized spacial score (nSPS) is 17.0. The van der Waals surface area contributed by atoms with Crippen LogP contribution in [0.5, 0.6) is 0 Å². The summed E-state index contributed by atoms with van der Waals surface area (Å²) in [5.74, 6) is 0. The van der Waals surface area contributed by atoms with Crippen molar-refractivity contribution in [3.8, 4) is 0 Å². The lowest BCUT2D eigenvalue weighted by molar-refractivity contribution is 0.0364. The predicted molar refractivity (Wildman–Crippen MR) is 94.6 cm³/mol. The molecule has 2 rings (SSSR count). The number of thiophene rings is 1. The van der Waals surface area contributed by atoms with Gasteiger partial charge in [-0.15, -0.1) is 23.7 Å². The van der Waals surface area contributed by atoms with Crippen LogP contribution >= 0.6 is 23.7 Å². The molecule has 1 aromatic rings. The highest BCUT2D eigenvalue weighted by molar-refractivity contribution is 7.93. The summed E-state index contributed by atoms with van der Waals surface area (Å²) < 4.78 is 54.3. The zero-order valence-electron chi connectivity index (χ0n) is 13.3. The standard InChI is InChI=1S/C12H21N3O5S3.ClH/c1-2-15(6-5-14-7-9-20-10-8-14)23(18,19)12-4-3-11(21-12)22(13,16)17;/h3-4H,2,5-10H2,1H3,(H2,13,16,17);1H. The second-order valence-electron chi connectivity index (χ2n) is 5.07. The van der Waals surface area contributed by atoms with Crippen LogP contribution in [0.4, 0.5) is 0 Å². The van der Waals surface area contributed by atoms with Gasteiger partial charge in [-0.3, -0.25) is 4.90 Å². The van der Waals surface area contributed by atoms with E-state index >= 15 is 0 Å². The topological polar surface area (TPSA) is 110 Å².